The first-order valence-electron chi connectivity index (χ1n) is 11.2. The lowest BCUT2D eigenvalue weighted by molar-refractivity contribution is -0.142. The van der Waals surface area contributed by atoms with Crippen LogP contribution in [-0.4, -0.2) is 74.7 Å². The lowest BCUT2D eigenvalue weighted by atomic mass is 10.0. The Kier molecular flexibility index (Phi) is 11.6. The number of thiol groups is 2. The molecular formula is C24H30N4O7S2. The highest BCUT2D eigenvalue weighted by Gasteiger charge is 2.30. The van der Waals surface area contributed by atoms with Crippen LogP contribution in [0.15, 0.2) is 48.5 Å². The summed E-state index contributed by atoms with van der Waals surface area (Å²) in [7, 11) is 0. The summed E-state index contributed by atoms with van der Waals surface area (Å²) in [5, 5.41) is 36.1. The number of hydrogen-bond acceptors (Lipinski definition) is 9. The maximum Gasteiger partial charge on any atom is 0.326 e. The first kappa shape index (κ1) is 29.8. The second-order valence-electron chi connectivity index (χ2n) is 8.23. The Balaban J connectivity index is 2.22. The van der Waals surface area contributed by atoms with Gasteiger partial charge in [-0.05, 0) is 35.4 Å². The molecule has 0 heterocycles. The number of nitrogens with two attached hydrogens (primary N) is 1. The molecule has 0 radical (unpaired) electrons. The Morgan fingerprint density at radius 3 is 1.51 bits per heavy atom. The molecule has 2 rings (SSSR count). The van der Waals surface area contributed by atoms with Crippen molar-refractivity contribution in [2.45, 2.75) is 37.0 Å². The van der Waals surface area contributed by atoms with Crippen LogP contribution in [0.1, 0.15) is 11.1 Å². The van der Waals surface area contributed by atoms with Crippen LogP contribution in [0.25, 0.3) is 0 Å². The van der Waals surface area contributed by atoms with Gasteiger partial charge in [-0.3, -0.25) is 14.4 Å². The highest BCUT2D eigenvalue weighted by atomic mass is 32.1. The van der Waals surface area contributed by atoms with Crippen LogP contribution in [0.3, 0.4) is 0 Å². The predicted molar refractivity (Wildman–Crippen MR) is 143 cm³/mol. The van der Waals surface area contributed by atoms with Gasteiger partial charge < -0.3 is 37.0 Å². The Morgan fingerprint density at radius 1 is 0.676 bits per heavy atom. The third-order valence-corrected chi connectivity index (χ3v) is 6.11. The minimum atomic E-state index is -1.33. The Bertz CT molecular complexity index is 1080. The number of hydrogen-bond donors (Lipinski definition) is 9. The first-order chi connectivity index (χ1) is 17.5. The maximum absolute atomic E-state index is 13.2. The molecule has 200 valence electrons. The molecule has 37 heavy (non-hydrogen) atoms. The summed E-state index contributed by atoms with van der Waals surface area (Å²) in [6.45, 7) is 0. The standard InChI is InChI=1S/C24H30N4O7S2/c25-17(11-36)21(31)28-20(12-37)23(33)26-18(9-13-1-5-15(29)6-2-13)22(32)27-19(24(34)35)10-14-3-7-16(30)8-4-14/h1-8,17-20,29-30,36-37H,9-12,25H2,(H,26,33)(H,27,32)(H,28,31)(H,34,35). The van der Waals surface area contributed by atoms with E-state index in [2.05, 4.69) is 41.2 Å². The van der Waals surface area contributed by atoms with Crippen LogP contribution >= 0.6 is 25.3 Å². The third-order valence-electron chi connectivity index (χ3n) is 5.35. The minimum Gasteiger partial charge on any atom is -0.508 e. The monoisotopic (exact) mass is 550 g/mol. The van der Waals surface area contributed by atoms with E-state index in [9.17, 15) is 34.5 Å². The molecule has 0 aliphatic rings. The Labute approximate surface area is 224 Å². The van der Waals surface area contributed by atoms with Gasteiger partial charge in [0.1, 0.15) is 29.6 Å². The van der Waals surface area contributed by atoms with Crippen molar-refractivity contribution in [1.82, 2.24) is 16.0 Å². The zero-order valence-electron chi connectivity index (χ0n) is 19.7. The number of carbonyl (C=O) groups excluding carboxylic acids is 3. The largest absolute Gasteiger partial charge is 0.508 e. The topological polar surface area (TPSA) is 191 Å². The second kappa shape index (κ2) is 14.4. The number of aliphatic carboxylic acids is 1. The molecule has 0 aromatic heterocycles. The van der Waals surface area contributed by atoms with Crippen molar-refractivity contribution in [2.75, 3.05) is 11.5 Å². The molecule has 8 N–H and O–H groups in total. The smallest absolute Gasteiger partial charge is 0.326 e. The number of aromatic hydroxyl groups is 2. The summed E-state index contributed by atoms with van der Waals surface area (Å²) in [6, 6.07) is 7.15. The van der Waals surface area contributed by atoms with E-state index in [1.165, 1.54) is 36.4 Å². The summed E-state index contributed by atoms with van der Waals surface area (Å²) in [4.78, 5) is 50.1. The fraction of sp³-hybridized carbons (Fsp3) is 0.333. The normalized spacial score (nSPS) is 14.0. The molecule has 3 amide bonds. The van der Waals surface area contributed by atoms with Gasteiger partial charge in [0.05, 0.1) is 6.04 Å². The van der Waals surface area contributed by atoms with Gasteiger partial charge in [0.15, 0.2) is 0 Å². The van der Waals surface area contributed by atoms with Crippen LogP contribution in [0.2, 0.25) is 0 Å². The molecule has 0 aliphatic heterocycles. The van der Waals surface area contributed by atoms with E-state index in [1.807, 2.05) is 0 Å². The number of benzene rings is 2. The molecule has 0 aliphatic carbocycles. The molecule has 13 heteroatoms. The molecule has 4 atom stereocenters. The quantitative estimate of drug-likeness (QED) is 0.151. The molecule has 4 unspecified atom stereocenters. The number of carboxylic acid groups (broad SMARTS) is 1. The van der Waals surface area contributed by atoms with Crippen LogP contribution in [0.4, 0.5) is 0 Å². The van der Waals surface area contributed by atoms with Crippen molar-refractivity contribution >= 4 is 48.9 Å². The van der Waals surface area contributed by atoms with Gasteiger partial charge in [0.2, 0.25) is 17.7 Å². The number of amides is 3. The second-order valence-corrected chi connectivity index (χ2v) is 8.96. The Hall–Kier alpha value is -3.42. The van der Waals surface area contributed by atoms with Crippen molar-refractivity contribution in [1.29, 1.82) is 0 Å². The van der Waals surface area contributed by atoms with Crippen molar-refractivity contribution in [2.24, 2.45) is 5.73 Å². The van der Waals surface area contributed by atoms with E-state index in [-0.39, 0.29) is 35.8 Å². The molecule has 0 saturated heterocycles. The van der Waals surface area contributed by atoms with Crippen molar-refractivity contribution in [3.05, 3.63) is 59.7 Å². The highest BCUT2D eigenvalue weighted by Crippen LogP contribution is 2.14. The molecule has 0 spiro atoms. The summed E-state index contributed by atoms with van der Waals surface area (Å²) in [5.74, 6) is -3.44. The molecule has 0 fully saturated rings. The SMILES string of the molecule is NC(CS)C(=O)NC(CS)C(=O)NC(Cc1ccc(O)cc1)C(=O)NC(Cc1ccc(O)cc1)C(=O)O. The lowest BCUT2D eigenvalue weighted by Gasteiger charge is -2.24. The number of carboxylic acids is 1. The van der Waals surface area contributed by atoms with Gasteiger partial charge in [-0.15, -0.1) is 0 Å². The van der Waals surface area contributed by atoms with Gasteiger partial charge >= 0.3 is 5.97 Å². The van der Waals surface area contributed by atoms with Crippen LogP contribution in [0, 0.1) is 0 Å². The molecule has 11 nitrogen and oxygen atoms in total. The van der Waals surface area contributed by atoms with Gasteiger partial charge in [-0.2, -0.15) is 25.3 Å². The van der Waals surface area contributed by atoms with Gasteiger partial charge in [-0.25, -0.2) is 4.79 Å². The molecule has 0 bridgehead atoms. The fourth-order valence-corrected chi connectivity index (χ4v) is 3.67. The highest BCUT2D eigenvalue weighted by molar-refractivity contribution is 7.80. The van der Waals surface area contributed by atoms with Gasteiger partial charge in [-0.1, -0.05) is 24.3 Å². The number of nitrogens with one attached hydrogen (secondary N) is 3. The van der Waals surface area contributed by atoms with Gasteiger partial charge in [0, 0.05) is 24.3 Å². The van der Waals surface area contributed by atoms with E-state index in [4.69, 9.17) is 5.73 Å². The van der Waals surface area contributed by atoms with Crippen molar-refractivity contribution in [3.63, 3.8) is 0 Å². The number of phenols is 2. The van der Waals surface area contributed by atoms with Gasteiger partial charge in [0.25, 0.3) is 0 Å². The zero-order chi connectivity index (χ0) is 27.5. The van der Waals surface area contributed by atoms with Crippen LogP contribution in [-0.2, 0) is 32.0 Å². The van der Waals surface area contributed by atoms with Crippen LogP contribution < -0.4 is 21.7 Å². The average molecular weight is 551 g/mol. The predicted octanol–water partition coefficient (Wildman–Crippen LogP) is -0.391. The summed E-state index contributed by atoms with van der Waals surface area (Å²) < 4.78 is 0. The number of phenolic OH excluding ortho intramolecular Hbond substituents is 2. The summed E-state index contributed by atoms with van der Waals surface area (Å²) >= 11 is 8.05. The molecule has 2 aromatic carbocycles. The van der Waals surface area contributed by atoms with Crippen molar-refractivity contribution < 1.29 is 34.5 Å². The Morgan fingerprint density at radius 2 is 1.08 bits per heavy atom. The minimum absolute atomic E-state index is 0.00649. The molecule has 2 aromatic rings. The lowest BCUT2D eigenvalue weighted by Crippen LogP contribution is -2.58. The van der Waals surface area contributed by atoms with E-state index >= 15 is 0 Å². The summed E-state index contributed by atoms with van der Waals surface area (Å²) in [5.41, 5.74) is 6.77. The molecule has 0 saturated carbocycles. The fourth-order valence-electron chi connectivity index (χ4n) is 3.25. The van der Waals surface area contributed by atoms with E-state index in [1.54, 1.807) is 12.1 Å². The average Bonchev–Trinajstić information content (AvgIpc) is 2.87. The zero-order valence-corrected chi connectivity index (χ0v) is 21.5. The number of rotatable bonds is 13. The van der Waals surface area contributed by atoms with E-state index < -0.39 is 47.9 Å². The summed E-state index contributed by atoms with van der Waals surface area (Å²) in [6.07, 6.45) is -0.106. The van der Waals surface area contributed by atoms with E-state index in [0.717, 1.165) is 0 Å². The van der Waals surface area contributed by atoms with Crippen LogP contribution in [0.5, 0.6) is 11.5 Å². The van der Waals surface area contributed by atoms with Crippen molar-refractivity contribution in [3.8, 4) is 11.5 Å². The third kappa shape index (κ3) is 9.52. The number of carbonyl (C=O) groups is 4. The maximum atomic E-state index is 13.2. The first-order valence-corrected chi connectivity index (χ1v) is 12.5. The van der Waals surface area contributed by atoms with E-state index in [0.29, 0.717) is 11.1 Å². The molecular weight excluding hydrogens is 520 g/mol.